The predicted octanol–water partition coefficient (Wildman–Crippen LogP) is 4.99. The molecule has 2 aromatic carbocycles. The Bertz CT molecular complexity index is 511. The minimum Gasteiger partial charge on any atom is -0.508 e. The second kappa shape index (κ2) is 5.67. The molecule has 0 aliphatic rings. The van der Waals surface area contributed by atoms with E-state index in [0.717, 1.165) is 16.2 Å². The maximum absolute atomic E-state index is 9.17. The van der Waals surface area contributed by atoms with Crippen molar-refractivity contribution in [3.63, 3.8) is 0 Å². The summed E-state index contributed by atoms with van der Waals surface area (Å²) in [7, 11) is 0. The molecule has 17 heavy (non-hydrogen) atoms. The number of phenolic OH excluding ortho intramolecular Hbond substituents is 1. The van der Waals surface area contributed by atoms with Crippen molar-refractivity contribution in [3.8, 4) is 5.75 Å². The fraction of sp³-hybridized carbons (Fsp3) is 0.0769. The van der Waals surface area contributed by atoms with E-state index in [2.05, 4.69) is 0 Å². The Morgan fingerprint density at radius 2 is 1.71 bits per heavy atom. The summed E-state index contributed by atoms with van der Waals surface area (Å²) < 4.78 is 0. The van der Waals surface area contributed by atoms with Gasteiger partial charge in [0.2, 0.25) is 0 Å². The van der Waals surface area contributed by atoms with Crippen molar-refractivity contribution in [2.24, 2.45) is 0 Å². The van der Waals surface area contributed by atoms with Gasteiger partial charge in [0.25, 0.3) is 0 Å². The van der Waals surface area contributed by atoms with Crippen LogP contribution in [0.1, 0.15) is 5.56 Å². The Labute approximate surface area is 114 Å². The molecule has 1 nitrogen and oxygen atoms in total. The zero-order chi connectivity index (χ0) is 12.3. The van der Waals surface area contributed by atoms with E-state index in [1.165, 1.54) is 0 Å². The van der Waals surface area contributed by atoms with Gasteiger partial charge in [-0.25, -0.2) is 0 Å². The number of aromatic hydroxyl groups is 1. The van der Waals surface area contributed by atoms with Crippen LogP contribution < -0.4 is 0 Å². The fourth-order valence-corrected chi connectivity index (χ4v) is 2.72. The second-order valence-corrected chi connectivity index (χ2v) is 5.33. The van der Waals surface area contributed by atoms with Crippen LogP contribution in [0.25, 0.3) is 0 Å². The molecule has 0 spiro atoms. The van der Waals surface area contributed by atoms with Crippen LogP contribution in [-0.2, 0) is 5.75 Å². The molecule has 2 aromatic rings. The van der Waals surface area contributed by atoms with Crippen LogP contribution in [0.5, 0.6) is 5.75 Å². The Morgan fingerprint density at radius 3 is 2.41 bits per heavy atom. The molecule has 2 rings (SSSR count). The van der Waals surface area contributed by atoms with Gasteiger partial charge in [-0.15, -0.1) is 11.8 Å². The lowest BCUT2D eigenvalue weighted by Crippen LogP contribution is -1.83. The normalized spacial score (nSPS) is 10.5. The molecule has 0 aliphatic carbocycles. The molecule has 0 atom stereocenters. The van der Waals surface area contributed by atoms with E-state index in [0.29, 0.717) is 10.0 Å². The van der Waals surface area contributed by atoms with E-state index in [9.17, 15) is 5.11 Å². The van der Waals surface area contributed by atoms with Gasteiger partial charge in [0, 0.05) is 10.6 Å². The first-order valence-electron chi connectivity index (χ1n) is 5.01. The van der Waals surface area contributed by atoms with Gasteiger partial charge in [0.05, 0.1) is 10.0 Å². The molecule has 1 N–H and O–H groups in total. The lowest BCUT2D eigenvalue weighted by atomic mass is 10.2. The second-order valence-electron chi connectivity index (χ2n) is 3.50. The number of phenols is 1. The predicted molar refractivity (Wildman–Crippen MR) is 74.1 cm³/mol. The number of hydrogen-bond donors (Lipinski definition) is 1. The molecule has 0 heterocycles. The van der Waals surface area contributed by atoms with Crippen molar-refractivity contribution >= 4 is 35.0 Å². The number of rotatable bonds is 3. The average Bonchev–Trinajstić information content (AvgIpc) is 2.33. The summed E-state index contributed by atoms with van der Waals surface area (Å²) >= 11 is 13.7. The smallest absolute Gasteiger partial charge is 0.115 e. The molecule has 0 unspecified atom stereocenters. The Hall–Kier alpha value is -0.830. The highest BCUT2D eigenvalue weighted by Gasteiger charge is 2.04. The molecule has 0 amide bonds. The van der Waals surface area contributed by atoms with E-state index in [4.69, 9.17) is 23.2 Å². The number of benzene rings is 2. The first-order chi connectivity index (χ1) is 8.16. The van der Waals surface area contributed by atoms with Gasteiger partial charge in [0.15, 0.2) is 0 Å². The van der Waals surface area contributed by atoms with Crippen LogP contribution in [0.15, 0.2) is 47.4 Å². The van der Waals surface area contributed by atoms with Crippen LogP contribution in [0, 0.1) is 0 Å². The van der Waals surface area contributed by atoms with E-state index in [-0.39, 0.29) is 5.75 Å². The molecule has 0 radical (unpaired) electrons. The van der Waals surface area contributed by atoms with Crippen molar-refractivity contribution in [2.45, 2.75) is 10.6 Å². The topological polar surface area (TPSA) is 20.2 Å². The maximum atomic E-state index is 9.17. The van der Waals surface area contributed by atoms with Gasteiger partial charge >= 0.3 is 0 Å². The first-order valence-corrected chi connectivity index (χ1v) is 6.75. The highest BCUT2D eigenvalue weighted by atomic mass is 35.5. The first kappa shape index (κ1) is 12.6. The highest BCUT2D eigenvalue weighted by molar-refractivity contribution is 7.98. The van der Waals surface area contributed by atoms with E-state index in [1.54, 1.807) is 30.0 Å². The summed E-state index contributed by atoms with van der Waals surface area (Å²) in [4.78, 5) is 1.08. The molecule has 0 bridgehead atoms. The van der Waals surface area contributed by atoms with Crippen LogP contribution in [-0.4, -0.2) is 5.11 Å². The Kier molecular flexibility index (Phi) is 4.21. The van der Waals surface area contributed by atoms with Crippen molar-refractivity contribution in [1.29, 1.82) is 0 Å². The minimum atomic E-state index is 0.273. The molecule has 0 saturated heterocycles. The van der Waals surface area contributed by atoms with Crippen molar-refractivity contribution in [1.82, 2.24) is 0 Å². The third-order valence-corrected chi connectivity index (χ3v) is 4.18. The molecule has 0 aliphatic heterocycles. The van der Waals surface area contributed by atoms with Crippen LogP contribution in [0.3, 0.4) is 0 Å². The monoisotopic (exact) mass is 284 g/mol. The summed E-state index contributed by atoms with van der Waals surface area (Å²) in [5, 5.41) is 10.4. The lowest BCUT2D eigenvalue weighted by Gasteiger charge is -2.05. The summed E-state index contributed by atoms with van der Waals surface area (Å²) in [6, 6.07) is 12.7. The fourth-order valence-electron chi connectivity index (χ4n) is 1.36. The number of halogens is 2. The SMILES string of the molecule is Oc1ccc(SCc2cccc(Cl)c2Cl)cc1. The van der Waals surface area contributed by atoms with Crippen LogP contribution in [0.2, 0.25) is 10.0 Å². The molecule has 0 fully saturated rings. The van der Waals surface area contributed by atoms with Gasteiger partial charge in [-0.3, -0.25) is 0 Å². The van der Waals surface area contributed by atoms with E-state index >= 15 is 0 Å². The quantitative estimate of drug-likeness (QED) is 0.801. The van der Waals surface area contributed by atoms with Gasteiger partial charge in [-0.1, -0.05) is 35.3 Å². The third kappa shape index (κ3) is 3.32. The summed E-state index contributed by atoms with van der Waals surface area (Å²) in [5.41, 5.74) is 1.01. The average molecular weight is 285 g/mol. The van der Waals surface area contributed by atoms with E-state index in [1.807, 2.05) is 24.3 Å². The van der Waals surface area contributed by atoms with Gasteiger partial charge in [-0.05, 0) is 35.9 Å². The van der Waals surface area contributed by atoms with Gasteiger partial charge in [-0.2, -0.15) is 0 Å². The Morgan fingerprint density at radius 1 is 1.00 bits per heavy atom. The summed E-state index contributed by atoms with van der Waals surface area (Å²) in [6.45, 7) is 0. The highest BCUT2D eigenvalue weighted by Crippen LogP contribution is 2.31. The zero-order valence-electron chi connectivity index (χ0n) is 8.86. The van der Waals surface area contributed by atoms with Crippen molar-refractivity contribution in [3.05, 3.63) is 58.1 Å². The molecular formula is C13H10Cl2OS. The van der Waals surface area contributed by atoms with Crippen LogP contribution >= 0.6 is 35.0 Å². The summed E-state index contributed by atoms with van der Waals surface area (Å²) in [5.74, 6) is 1.03. The lowest BCUT2D eigenvalue weighted by molar-refractivity contribution is 0.475. The zero-order valence-corrected chi connectivity index (χ0v) is 11.2. The van der Waals surface area contributed by atoms with Gasteiger partial charge < -0.3 is 5.11 Å². The minimum absolute atomic E-state index is 0.273. The van der Waals surface area contributed by atoms with Crippen molar-refractivity contribution in [2.75, 3.05) is 0 Å². The Balaban J connectivity index is 2.07. The summed E-state index contributed by atoms with van der Waals surface area (Å²) in [6.07, 6.45) is 0. The number of hydrogen-bond acceptors (Lipinski definition) is 2. The molecular weight excluding hydrogens is 275 g/mol. The number of thioether (sulfide) groups is 1. The molecule has 0 aromatic heterocycles. The van der Waals surface area contributed by atoms with Gasteiger partial charge in [0.1, 0.15) is 5.75 Å². The molecule has 88 valence electrons. The van der Waals surface area contributed by atoms with E-state index < -0.39 is 0 Å². The standard InChI is InChI=1S/C13H10Cl2OS/c14-12-3-1-2-9(13(12)15)8-17-11-6-4-10(16)5-7-11/h1-7,16H,8H2. The third-order valence-electron chi connectivity index (χ3n) is 2.26. The molecule has 4 heteroatoms. The van der Waals surface area contributed by atoms with Crippen LogP contribution in [0.4, 0.5) is 0 Å². The molecule has 0 saturated carbocycles. The largest absolute Gasteiger partial charge is 0.508 e. The maximum Gasteiger partial charge on any atom is 0.115 e. The van der Waals surface area contributed by atoms with Crippen molar-refractivity contribution < 1.29 is 5.11 Å².